The molecule has 0 unspecified atom stereocenters. The van der Waals surface area contributed by atoms with E-state index in [-0.39, 0.29) is 30.3 Å². The molecule has 10 nitrogen and oxygen atoms in total. The number of halogens is 2. The van der Waals surface area contributed by atoms with Gasteiger partial charge >= 0.3 is 10.3 Å². The van der Waals surface area contributed by atoms with Gasteiger partial charge in [-0.3, -0.25) is 13.7 Å². The molecule has 0 radical (unpaired) electrons. The Bertz CT molecular complexity index is 1310. The van der Waals surface area contributed by atoms with Crippen LogP contribution in [0.15, 0.2) is 43.0 Å². The van der Waals surface area contributed by atoms with Crippen molar-refractivity contribution in [1.29, 1.82) is 0 Å². The van der Waals surface area contributed by atoms with Gasteiger partial charge in [0.1, 0.15) is 23.7 Å². The number of nitrogens with zero attached hydrogens (tertiary/aromatic N) is 4. The molecule has 3 atom stereocenters. The maximum Gasteiger partial charge on any atom is 0.333 e. The van der Waals surface area contributed by atoms with Crippen LogP contribution < -0.4 is 5.14 Å². The quantitative estimate of drug-likeness (QED) is 0.413. The Morgan fingerprint density at radius 2 is 1.97 bits per heavy atom. The van der Waals surface area contributed by atoms with Crippen molar-refractivity contribution in [3.63, 3.8) is 0 Å². The molecule has 0 aliphatic heterocycles. The van der Waals surface area contributed by atoms with E-state index >= 15 is 0 Å². The summed E-state index contributed by atoms with van der Waals surface area (Å²) in [5.41, 5.74) is 1.18. The molecule has 0 bridgehead atoms. The molecule has 1 saturated carbocycles. The lowest BCUT2D eigenvalue weighted by molar-refractivity contribution is 0.100. The lowest BCUT2D eigenvalue weighted by atomic mass is 9.96. The molecule has 3 aromatic rings. The fraction of sp³-hybridized carbons (Fsp3) is 0.364. The third-order valence-corrected chi connectivity index (χ3v) is 6.33. The highest BCUT2D eigenvalue weighted by molar-refractivity contribution is 7.84. The molecule has 35 heavy (non-hydrogen) atoms. The Labute approximate surface area is 200 Å². The van der Waals surface area contributed by atoms with E-state index in [0.29, 0.717) is 30.5 Å². The summed E-state index contributed by atoms with van der Waals surface area (Å²) in [5, 5.41) is 19.4. The van der Waals surface area contributed by atoms with Crippen molar-refractivity contribution < 1.29 is 31.3 Å². The second-order valence-corrected chi connectivity index (χ2v) is 9.76. The number of hydrogen-bond donors (Lipinski definition) is 2. The Kier molecular flexibility index (Phi) is 7.31. The fourth-order valence-corrected chi connectivity index (χ4v) is 4.69. The van der Waals surface area contributed by atoms with Crippen molar-refractivity contribution in [1.82, 2.24) is 19.7 Å². The molecule has 1 aromatic carbocycles. The molecule has 0 saturated heterocycles. The van der Waals surface area contributed by atoms with Crippen LogP contribution in [0.4, 0.5) is 8.78 Å². The van der Waals surface area contributed by atoms with Gasteiger partial charge in [0.2, 0.25) is 5.78 Å². The van der Waals surface area contributed by atoms with Crippen LogP contribution >= 0.6 is 0 Å². The molecule has 2 heterocycles. The number of aromatic nitrogens is 4. The Hall–Kier alpha value is -3.13. The molecular formula is C22H23F2N5O5S. The number of carbonyl (C=O) groups is 1. The number of ketones is 1. The predicted molar refractivity (Wildman–Crippen MR) is 118 cm³/mol. The number of nitrogens with two attached hydrogens (primary N) is 1. The highest BCUT2D eigenvalue weighted by Crippen LogP contribution is 2.34. The molecule has 13 heteroatoms. The summed E-state index contributed by atoms with van der Waals surface area (Å²) in [6.45, 7) is -0.152. The van der Waals surface area contributed by atoms with Crippen molar-refractivity contribution in [2.45, 2.75) is 31.9 Å². The van der Waals surface area contributed by atoms with Gasteiger partial charge in [0.05, 0.1) is 30.5 Å². The lowest BCUT2D eigenvalue weighted by Gasteiger charge is -2.13. The largest absolute Gasteiger partial charge is 0.393 e. The van der Waals surface area contributed by atoms with Gasteiger partial charge in [0.25, 0.3) is 0 Å². The van der Waals surface area contributed by atoms with Crippen LogP contribution in [0.2, 0.25) is 0 Å². The third-order valence-electron chi connectivity index (χ3n) is 5.86. The first-order chi connectivity index (χ1) is 16.6. The molecule has 2 aromatic heterocycles. The van der Waals surface area contributed by atoms with Crippen LogP contribution in [0.3, 0.4) is 0 Å². The zero-order valence-corrected chi connectivity index (χ0v) is 19.2. The van der Waals surface area contributed by atoms with Gasteiger partial charge < -0.3 is 5.11 Å². The number of benzene rings is 1. The van der Waals surface area contributed by atoms with E-state index < -0.39 is 39.7 Å². The van der Waals surface area contributed by atoms with Gasteiger partial charge in [-0.2, -0.15) is 13.5 Å². The van der Waals surface area contributed by atoms with Crippen LogP contribution in [0.1, 0.15) is 40.2 Å². The summed E-state index contributed by atoms with van der Waals surface area (Å²) in [6, 6.07) is 4.64. The summed E-state index contributed by atoms with van der Waals surface area (Å²) in [7, 11) is -4.10. The summed E-state index contributed by atoms with van der Waals surface area (Å²) in [6.07, 6.45) is 4.67. The highest BCUT2D eigenvalue weighted by Gasteiger charge is 2.35. The molecule has 186 valence electrons. The van der Waals surface area contributed by atoms with E-state index in [1.165, 1.54) is 41.6 Å². The van der Waals surface area contributed by atoms with Crippen LogP contribution in [-0.4, -0.2) is 51.8 Å². The SMILES string of the molecule is NS(=O)(=O)OC[C@H]1C[C@@H](Cc2ncncc2C(=O)c2ccn(Cc3cc(F)cc(F)c3)n2)C[C@@H]1O. The maximum absolute atomic E-state index is 13.4. The first-order valence-corrected chi connectivity index (χ1v) is 12.2. The fourth-order valence-electron chi connectivity index (χ4n) is 4.32. The second-order valence-electron chi connectivity index (χ2n) is 8.53. The number of hydrogen-bond acceptors (Lipinski definition) is 8. The van der Waals surface area contributed by atoms with Gasteiger partial charge in [-0.1, -0.05) is 0 Å². The zero-order valence-electron chi connectivity index (χ0n) is 18.4. The molecule has 4 rings (SSSR count). The first kappa shape index (κ1) is 25.0. The van der Waals surface area contributed by atoms with Crippen LogP contribution in [0, 0.1) is 23.5 Å². The van der Waals surface area contributed by atoms with Gasteiger partial charge in [-0.15, -0.1) is 0 Å². The smallest absolute Gasteiger partial charge is 0.333 e. The second kappa shape index (κ2) is 10.2. The van der Waals surface area contributed by atoms with E-state index in [2.05, 4.69) is 19.2 Å². The number of aliphatic hydroxyl groups excluding tert-OH is 1. The highest BCUT2D eigenvalue weighted by atomic mass is 32.2. The Morgan fingerprint density at radius 1 is 1.23 bits per heavy atom. The van der Waals surface area contributed by atoms with Gasteiger partial charge in [-0.25, -0.2) is 23.9 Å². The number of rotatable bonds is 9. The maximum atomic E-state index is 13.4. The van der Waals surface area contributed by atoms with E-state index in [9.17, 15) is 27.1 Å². The third kappa shape index (κ3) is 6.51. The normalized spacial score (nSPS) is 20.3. The standard InChI is InChI=1S/C22H23F2N5O5S/c23-16-4-14(5-17(24)8-16)10-29-2-1-19(28-29)22(31)18-9-26-12-27-20(18)6-13-3-15(21(30)7-13)11-34-35(25,32)33/h1-2,4-5,8-9,12-13,15,21,30H,3,6-7,10-11H2,(H2,25,32,33)/t13-,15+,21-/m0/s1. The summed E-state index contributed by atoms with van der Waals surface area (Å²) < 4.78 is 55.0. The van der Waals surface area contributed by atoms with Crippen molar-refractivity contribution in [3.05, 3.63) is 77.1 Å². The van der Waals surface area contributed by atoms with Gasteiger partial charge in [0.15, 0.2) is 0 Å². The first-order valence-electron chi connectivity index (χ1n) is 10.7. The average molecular weight is 508 g/mol. The Morgan fingerprint density at radius 3 is 2.69 bits per heavy atom. The summed E-state index contributed by atoms with van der Waals surface area (Å²) in [4.78, 5) is 21.3. The topological polar surface area (TPSA) is 150 Å². The molecule has 1 aliphatic rings. The Balaban J connectivity index is 1.45. The van der Waals surface area contributed by atoms with E-state index in [1.54, 1.807) is 0 Å². The van der Waals surface area contributed by atoms with E-state index in [0.717, 1.165) is 6.07 Å². The van der Waals surface area contributed by atoms with Gasteiger partial charge in [-0.05, 0) is 48.9 Å². The van der Waals surface area contributed by atoms with Crippen molar-refractivity contribution in [2.75, 3.05) is 6.61 Å². The van der Waals surface area contributed by atoms with E-state index in [1.807, 2.05) is 0 Å². The zero-order chi connectivity index (χ0) is 25.2. The molecule has 1 fully saturated rings. The minimum Gasteiger partial charge on any atom is -0.393 e. The molecular weight excluding hydrogens is 484 g/mol. The molecule has 0 spiro atoms. The van der Waals surface area contributed by atoms with Crippen molar-refractivity contribution in [3.8, 4) is 0 Å². The average Bonchev–Trinajstić information content (AvgIpc) is 3.37. The van der Waals surface area contributed by atoms with E-state index in [4.69, 9.17) is 5.14 Å². The molecule has 0 amide bonds. The summed E-state index contributed by atoms with van der Waals surface area (Å²) >= 11 is 0. The van der Waals surface area contributed by atoms with Gasteiger partial charge in [0, 0.05) is 24.4 Å². The molecule has 1 aliphatic carbocycles. The minimum atomic E-state index is -4.10. The van der Waals surface area contributed by atoms with Crippen molar-refractivity contribution in [2.24, 2.45) is 17.0 Å². The van der Waals surface area contributed by atoms with Crippen molar-refractivity contribution >= 4 is 16.1 Å². The monoisotopic (exact) mass is 507 g/mol. The van der Waals surface area contributed by atoms with Crippen LogP contribution in [-0.2, 0) is 27.5 Å². The number of aliphatic hydroxyl groups is 1. The molecule has 3 N–H and O–H groups in total. The predicted octanol–water partition coefficient (Wildman–Crippen LogP) is 1.38. The van der Waals surface area contributed by atoms with Crippen LogP contribution in [0.25, 0.3) is 0 Å². The minimum absolute atomic E-state index is 0.0686. The number of carbonyl (C=O) groups excluding carboxylic acids is 1. The lowest BCUT2D eigenvalue weighted by Crippen LogP contribution is -2.24. The summed E-state index contributed by atoms with van der Waals surface area (Å²) in [5.74, 6) is -2.31. The van der Waals surface area contributed by atoms with Crippen LogP contribution in [0.5, 0.6) is 0 Å².